The van der Waals surface area contributed by atoms with Crippen LogP contribution in [0, 0.1) is 5.41 Å². The van der Waals surface area contributed by atoms with Gasteiger partial charge in [-0.1, -0.05) is 27.7 Å². The molecule has 0 rings (SSSR count). The van der Waals surface area contributed by atoms with Gasteiger partial charge in [0.2, 0.25) is 0 Å². The number of urea groups is 1. The Hall–Kier alpha value is -1.79. The second kappa shape index (κ2) is 7.72. The molecule has 0 fully saturated rings. The lowest BCUT2D eigenvalue weighted by molar-refractivity contribution is -0.142. The lowest BCUT2D eigenvalue weighted by Crippen LogP contribution is -2.54. The van der Waals surface area contributed by atoms with Crippen LogP contribution in [0.25, 0.3) is 0 Å². The summed E-state index contributed by atoms with van der Waals surface area (Å²) in [6.07, 6.45) is 0.650. The van der Waals surface area contributed by atoms with E-state index in [1.165, 1.54) is 12.0 Å². The van der Waals surface area contributed by atoms with E-state index in [0.29, 0.717) is 13.0 Å². The minimum absolute atomic E-state index is 0.202. The second-order valence-corrected chi connectivity index (χ2v) is 5.58. The number of carbonyl (C=O) groups is 3. The average Bonchev–Trinajstić information content (AvgIpc) is 2.32. The van der Waals surface area contributed by atoms with Gasteiger partial charge >= 0.3 is 18.0 Å². The maximum Gasteiger partial charge on any atom is 0.326 e. The largest absolute Gasteiger partial charge is 0.480 e. The molecule has 0 aliphatic rings. The molecule has 0 aromatic heterocycles. The minimum atomic E-state index is -1.11. The maximum atomic E-state index is 12.1. The predicted octanol–water partition coefficient (Wildman–Crippen LogP) is 1.08. The number of aliphatic carboxylic acids is 1. The highest BCUT2D eigenvalue weighted by Gasteiger charge is 2.34. The molecule has 1 atom stereocenters. The Labute approximate surface area is 119 Å². The summed E-state index contributed by atoms with van der Waals surface area (Å²) < 4.78 is 4.52. The Morgan fingerprint density at radius 3 is 2.20 bits per heavy atom. The van der Waals surface area contributed by atoms with Gasteiger partial charge in [-0.25, -0.2) is 9.59 Å². The molecule has 7 heteroatoms. The third-order valence-corrected chi connectivity index (χ3v) is 2.71. The van der Waals surface area contributed by atoms with Crippen LogP contribution < -0.4 is 5.32 Å². The molecule has 0 aromatic rings. The molecule has 7 nitrogen and oxygen atoms in total. The molecule has 0 unspecified atom stereocenters. The third kappa shape index (κ3) is 5.90. The average molecular weight is 288 g/mol. The van der Waals surface area contributed by atoms with E-state index < -0.39 is 29.4 Å². The quantitative estimate of drug-likeness (QED) is 0.713. The Bertz CT molecular complexity index is 362. The highest BCUT2D eigenvalue weighted by atomic mass is 16.5. The highest BCUT2D eigenvalue weighted by Crippen LogP contribution is 2.19. The molecule has 0 aliphatic carbocycles. The van der Waals surface area contributed by atoms with E-state index in [1.54, 1.807) is 20.8 Å². The normalized spacial score (nSPS) is 12.4. The molecule has 0 radical (unpaired) electrons. The van der Waals surface area contributed by atoms with Crippen molar-refractivity contribution in [3.63, 3.8) is 0 Å². The standard InChI is InChI=1S/C13H24N2O5/c1-6-7-15(8-9(16)20-5)12(19)14-10(11(17)18)13(2,3)4/h10H,6-8H2,1-5H3,(H,14,19)(H,17,18)/t10-/m0/s1. The zero-order chi connectivity index (χ0) is 15.9. The summed E-state index contributed by atoms with van der Waals surface area (Å²) in [4.78, 5) is 35.8. The fourth-order valence-electron chi connectivity index (χ4n) is 1.61. The molecule has 20 heavy (non-hydrogen) atoms. The molecular weight excluding hydrogens is 264 g/mol. The van der Waals surface area contributed by atoms with E-state index in [4.69, 9.17) is 0 Å². The van der Waals surface area contributed by atoms with Crippen LogP contribution in [0.3, 0.4) is 0 Å². The predicted molar refractivity (Wildman–Crippen MR) is 73.3 cm³/mol. The number of rotatable bonds is 6. The van der Waals surface area contributed by atoms with Crippen molar-refractivity contribution in [1.82, 2.24) is 10.2 Å². The van der Waals surface area contributed by atoms with Crippen LogP contribution in [0.5, 0.6) is 0 Å². The number of carboxylic acid groups (broad SMARTS) is 1. The molecule has 0 bridgehead atoms. The summed E-state index contributed by atoms with van der Waals surface area (Å²) >= 11 is 0. The SMILES string of the molecule is CCCN(CC(=O)OC)C(=O)N[C@@H](C(=O)O)C(C)(C)C. The Balaban J connectivity index is 4.89. The zero-order valence-electron chi connectivity index (χ0n) is 12.7. The van der Waals surface area contributed by atoms with Gasteiger partial charge in [0, 0.05) is 6.54 Å². The van der Waals surface area contributed by atoms with Gasteiger partial charge in [-0.15, -0.1) is 0 Å². The van der Waals surface area contributed by atoms with E-state index >= 15 is 0 Å². The Morgan fingerprint density at radius 2 is 1.85 bits per heavy atom. The van der Waals surface area contributed by atoms with Gasteiger partial charge in [0.25, 0.3) is 0 Å². The van der Waals surface area contributed by atoms with Gasteiger partial charge in [-0.3, -0.25) is 4.79 Å². The highest BCUT2D eigenvalue weighted by molar-refractivity contribution is 5.85. The van der Waals surface area contributed by atoms with Crippen LogP contribution in [-0.2, 0) is 14.3 Å². The molecule has 0 aromatic carbocycles. The molecule has 0 heterocycles. The van der Waals surface area contributed by atoms with Gasteiger partial charge in [-0.2, -0.15) is 0 Å². The first-order valence-corrected chi connectivity index (χ1v) is 6.48. The zero-order valence-corrected chi connectivity index (χ0v) is 12.7. The minimum Gasteiger partial charge on any atom is -0.480 e. The first kappa shape index (κ1) is 18.2. The summed E-state index contributed by atoms with van der Waals surface area (Å²) in [6, 6.07) is -1.62. The number of nitrogens with zero attached hydrogens (tertiary/aromatic N) is 1. The van der Waals surface area contributed by atoms with Gasteiger partial charge in [0.15, 0.2) is 0 Å². The van der Waals surface area contributed by atoms with Crippen molar-refractivity contribution in [3.8, 4) is 0 Å². The topological polar surface area (TPSA) is 95.9 Å². The fraction of sp³-hybridized carbons (Fsp3) is 0.769. The van der Waals surface area contributed by atoms with Crippen molar-refractivity contribution in [2.24, 2.45) is 5.41 Å². The molecular formula is C13H24N2O5. The monoisotopic (exact) mass is 288 g/mol. The lowest BCUT2D eigenvalue weighted by Gasteiger charge is -2.30. The molecule has 0 aliphatic heterocycles. The molecule has 0 saturated carbocycles. The van der Waals surface area contributed by atoms with Crippen LogP contribution in [0.15, 0.2) is 0 Å². The number of ether oxygens (including phenoxy) is 1. The summed E-state index contributed by atoms with van der Waals surface area (Å²) in [5.74, 6) is -1.66. The number of amides is 2. The number of carbonyl (C=O) groups excluding carboxylic acids is 2. The van der Waals surface area contributed by atoms with E-state index in [0.717, 1.165) is 0 Å². The van der Waals surface area contributed by atoms with Gasteiger partial charge < -0.3 is 20.1 Å². The van der Waals surface area contributed by atoms with Gasteiger partial charge in [0.05, 0.1) is 7.11 Å². The van der Waals surface area contributed by atoms with E-state index in [9.17, 15) is 19.5 Å². The number of hydrogen-bond acceptors (Lipinski definition) is 4. The van der Waals surface area contributed by atoms with Crippen molar-refractivity contribution >= 4 is 18.0 Å². The Morgan fingerprint density at radius 1 is 1.30 bits per heavy atom. The van der Waals surface area contributed by atoms with Crippen molar-refractivity contribution in [3.05, 3.63) is 0 Å². The van der Waals surface area contributed by atoms with Crippen LogP contribution in [0.4, 0.5) is 4.79 Å². The third-order valence-electron chi connectivity index (χ3n) is 2.71. The van der Waals surface area contributed by atoms with Crippen molar-refractivity contribution in [2.45, 2.75) is 40.2 Å². The molecule has 0 saturated heterocycles. The Kier molecular flexibility index (Phi) is 7.02. The first-order chi connectivity index (χ1) is 9.13. The number of nitrogens with one attached hydrogen (secondary N) is 1. The van der Waals surface area contributed by atoms with E-state index in [2.05, 4.69) is 10.1 Å². The van der Waals surface area contributed by atoms with Crippen LogP contribution >= 0.6 is 0 Å². The van der Waals surface area contributed by atoms with Gasteiger partial charge in [0.1, 0.15) is 12.6 Å². The maximum absolute atomic E-state index is 12.1. The van der Waals surface area contributed by atoms with E-state index in [1.807, 2.05) is 6.92 Å². The number of esters is 1. The lowest BCUT2D eigenvalue weighted by atomic mass is 9.87. The molecule has 2 N–H and O–H groups in total. The summed E-state index contributed by atoms with van der Waals surface area (Å²) in [5.41, 5.74) is -0.634. The summed E-state index contributed by atoms with van der Waals surface area (Å²) in [6.45, 7) is 7.16. The van der Waals surface area contributed by atoms with Crippen molar-refractivity contribution in [1.29, 1.82) is 0 Å². The summed E-state index contributed by atoms with van der Waals surface area (Å²) in [7, 11) is 1.24. The fourth-order valence-corrected chi connectivity index (χ4v) is 1.61. The number of hydrogen-bond donors (Lipinski definition) is 2. The second-order valence-electron chi connectivity index (χ2n) is 5.58. The van der Waals surface area contributed by atoms with E-state index in [-0.39, 0.29) is 6.54 Å². The molecule has 0 spiro atoms. The molecule has 2 amide bonds. The van der Waals surface area contributed by atoms with Crippen LogP contribution in [0.2, 0.25) is 0 Å². The molecule has 116 valence electrons. The van der Waals surface area contributed by atoms with Crippen molar-refractivity contribution in [2.75, 3.05) is 20.2 Å². The van der Waals surface area contributed by atoms with Crippen LogP contribution in [-0.4, -0.2) is 54.2 Å². The first-order valence-electron chi connectivity index (χ1n) is 6.48. The number of carboxylic acids is 1. The summed E-state index contributed by atoms with van der Waals surface area (Å²) in [5, 5.41) is 11.6. The van der Waals surface area contributed by atoms with Crippen molar-refractivity contribution < 1.29 is 24.2 Å². The smallest absolute Gasteiger partial charge is 0.326 e. The number of methoxy groups -OCH3 is 1. The van der Waals surface area contributed by atoms with Crippen LogP contribution in [0.1, 0.15) is 34.1 Å². The van der Waals surface area contributed by atoms with Gasteiger partial charge in [-0.05, 0) is 11.8 Å².